The molecule has 7 heteroatoms. The van der Waals surface area contributed by atoms with Crippen LogP contribution in [0.25, 0.3) is 11.0 Å². The van der Waals surface area contributed by atoms with Gasteiger partial charge in [-0.25, -0.2) is 4.98 Å². The Morgan fingerprint density at radius 2 is 2.17 bits per heavy atom. The number of rotatable bonds is 3. The van der Waals surface area contributed by atoms with Crippen molar-refractivity contribution in [3.63, 3.8) is 0 Å². The summed E-state index contributed by atoms with van der Waals surface area (Å²) < 4.78 is 1.97. The molecule has 1 amide bonds. The van der Waals surface area contributed by atoms with Crippen LogP contribution in [0.4, 0.5) is 0 Å². The van der Waals surface area contributed by atoms with E-state index in [1.54, 1.807) is 18.5 Å². The van der Waals surface area contributed by atoms with Crippen LogP contribution in [-0.4, -0.2) is 48.9 Å². The maximum Gasteiger partial charge on any atom is 0.272 e. The smallest absolute Gasteiger partial charge is 0.272 e. The lowest BCUT2D eigenvalue weighted by molar-refractivity contribution is 0.0675. The monoisotopic (exact) mass is 310 g/mol. The lowest BCUT2D eigenvalue weighted by Crippen LogP contribution is -2.39. The summed E-state index contributed by atoms with van der Waals surface area (Å²) >= 11 is 0. The summed E-state index contributed by atoms with van der Waals surface area (Å²) in [7, 11) is 0. The molecule has 0 aliphatic carbocycles. The predicted octanol–water partition coefficient (Wildman–Crippen LogP) is 1.71. The molecule has 3 aromatic heterocycles. The molecule has 23 heavy (non-hydrogen) atoms. The van der Waals surface area contributed by atoms with Gasteiger partial charge in [0.05, 0.1) is 6.20 Å². The first-order valence-electron chi connectivity index (χ1n) is 7.86. The Labute approximate surface area is 133 Å². The van der Waals surface area contributed by atoms with E-state index in [2.05, 4.69) is 20.3 Å². The number of carbonyl (C=O) groups is 1. The fourth-order valence-electron chi connectivity index (χ4n) is 3.10. The summed E-state index contributed by atoms with van der Waals surface area (Å²) in [5, 5.41) is 11.9. The van der Waals surface area contributed by atoms with Gasteiger partial charge in [0.25, 0.3) is 5.91 Å². The van der Waals surface area contributed by atoms with Crippen molar-refractivity contribution in [2.24, 2.45) is 5.92 Å². The zero-order valence-electron chi connectivity index (χ0n) is 12.7. The molecule has 0 unspecified atom stereocenters. The van der Waals surface area contributed by atoms with Gasteiger partial charge in [-0.3, -0.25) is 14.6 Å². The van der Waals surface area contributed by atoms with Crippen molar-refractivity contribution >= 4 is 16.9 Å². The second-order valence-electron chi connectivity index (χ2n) is 5.97. The molecule has 0 atom stereocenters. The fraction of sp³-hybridized carbons (Fsp3) is 0.375. The van der Waals surface area contributed by atoms with Gasteiger partial charge in [-0.2, -0.15) is 10.2 Å². The van der Waals surface area contributed by atoms with Gasteiger partial charge in [0.15, 0.2) is 5.65 Å². The van der Waals surface area contributed by atoms with E-state index in [0.29, 0.717) is 17.3 Å². The second kappa shape index (κ2) is 5.83. The van der Waals surface area contributed by atoms with E-state index < -0.39 is 0 Å². The highest BCUT2D eigenvalue weighted by Gasteiger charge is 2.24. The highest BCUT2D eigenvalue weighted by molar-refractivity contribution is 5.94. The number of carbonyl (C=O) groups excluding carboxylic acids is 1. The zero-order valence-corrected chi connectivity index (χ0v) is 12.7. The number of H-pyrrole nitrogens is 1. The third-order valence-electron chi connectivity index (χ3n) is 4.43. The van der Waals surface area contributed by atoms with Crippen molar-refractivity contribution in [3.8, 4) is 0 Å². The minimum Gasteiger partial charge on any atom is -0.337 e. The van der Waals surface area contributed by atoms with Crippen LogP contribution in [0.3, 0.4) is 0 Å². The highest BCUT2D eigenvalue weighted by Crippen LogP contribution is 2.20. The summed E-state index contributed by atoms with van der Waals surface area (Å²) in [6.07, 6.45) is 7.49. The minimum atomic E-state index is -0.000890. The summed E-state index contributed by atoms with van der Waals surface area (Å²) in [4.78, 5) is 18.9. The van der Waals surface area contributed by atoms with Crippen molar-refractivity contribution in [1.82, 2.24) is 29.9 Å². The average Bonchev–Trinajstić information content (AvgIpc) is 3.25. The molecule has 0 radical (unpaired) electrons. The molecule has 1 fully saturated rings. The molecule has 118 valence electrons. The lowest BCUT2D eigenvalue weighted by atomic mass is 9.96. The number of hydrogen-bond donors (Lipinski definition) is 1. The summed E-state index contributed by atoms with van der Waals surface area (Å²) in [5.41, 5.74) is 1.14. The predicted molar refractivity (Wildman–Crippen MR) is 84.7 cm³/mol. The number of piperidine rings is 1. The van der Waals surface area contributed by atoms with Crippen LogP contribution in [-0.2, 0) is 6.54 Å². The number of likely N-dealkylation sites (tertiary alicyclic amines) is 1. The molecule has 7 nitrogen and oxygen atoms in total. The molecule has 1 saturated heterocycles. The van der Waals surface area contributed by atoms with Gasteiger partial charge in [-0.1, -0.05) is 0 Å². The first-order chi connectivity index (χ1) is 11.3. The Kier molecular flexibility index (Phi) is 3.53. The quantitative estimate of drug-likeness (QED) is 0.798. The van der Waals surface area contributed by atoms with E-state index in [9.17, 15) is 4.79 Å². The third-order valence-corrected chi connectivity index (χ3v) is 4.43. The topological polar surface area (TPSA) is 79.7 Å². The van der Waals surface area contributed by atoms with Crippen molar-refractivity contribution in [3.05, 3.63) is 42.5 Å². The molecular formula is C16H18N6O. The highest BCUT2D eigenvalue weighted by atomic mass is 16.2. The van der Waals surface area contributed by atoms with E-state index in [1.807, 2.05) is 27.9 Å². The zero-order chi connectivity index (χ0) is 15.6. The molecule has 1 aliphatic heterocycles. The van der Waals surface area contributed by atoms with Crippen LogP contribution < -0.4 is 0 Å². The molecule has 4 rings (SSSR count). The number of hydrogen-bond acceptors (Lipinski definition) is 4. The van der Waals surface area contributed by atoms with Gasteiger partial charge in [-0.15, -0.1) is 0 Å². The summed E-state index contributed by atoms with van der Waals surface area (Å²) in [6.45, 7) is 2.47. The summed E-state index contributed by atoms with van der Waals surface area (Å²) in [5.74, 6) is 0.570. The molecular weight excluding hydrogens is 292 g/mol. The number of fused-ring (bicyclic) bond motifs is 1. The average molecular weight is 310 g/mol. The Morgan fingerprint density at radius 3 is 2.96 bits per heavy atom. The van der Waals surface area contributed by atoms with Gasteiger partial charge in [-0.05, 0) is 37.0 Å². The van der Waals surface area contributed by atoms with E-state index >= 15 is 0 Å². The van der Waals surface area contributed by atoms with Crippen LogP contribution in [0.2, 0.25) is 0 Å². The van der Waals surface area contributed by atoms with Gasteiger partial charge >= 0.3 is 0 Å². The molecule has 4 heterocycles. The van der Waals surface area contributed by atoms with Crippen molar-refractivity contribution in [2.45, 2.75) is 19.4 Å². The maximum absolute atomic E-state index is 12.6. The van der Waals surface area contributed by atoms with Crippen LogP contribution in [0.5, 0.6) is 0 Å². The number of amides is 1. The normalized spacial score (nSPS) is 16.1. The SMILES string of the molecule is O=C(c1ccc2cn[nH]c2n1)N1CCC(Cn2cccn2)CC1. The van der Waals surface area contributed by atoms with Crippen LogP contribution in [0.15, 0.2) is 36.8 Å². The van der Waals surface area contributed by atoms with E-state index in [1.165, 1.54) is 0 Å². The molecule has 0 saturated carbocycles. The summed E-state index contributed by atoms with van der Waals surface area (Å²) in [6, 6.07) is 5.59. The molecule has 3 aromatic rings. The number of aromatic amines is 1. The first-order valence-corrected chi connectivity index (χ1v) is 7.86. The Morgan fingerprint density at radius 1 is 1.30 bits per heavy atom. The number of aromatic nitrogens is 5. The first kappa shape index (κ1) is 13.9. The Bertz CT molecular complexity index is 801. The van der Waals surface area contributed by atoms with Crippen molar-refractivity contribution < 1.29 is 4.79 Å². The van der Waals surface area contributed by atoms with Gasteiger partial charge in [0.2, 0.25) is 0 Å². The Hall–Kier alpha value is -2.70. The number of pyridine rings is 1. The third kappa shape index (κ3) is 2.81. The van der Waals surface area contributed by atoms with Crippen molar-refractivity contribution in [1.29, 1.82) is 0 Å². The van der Waals surface area contributed by atoms with E-state index in [-0.39, 0.29) is 5.91 Å². The largest absolute Gasteiger partial charge is 0.337 e. The minimum absolute atomic E-state index is 0.000890. The van der Waals surface area contributed by atoms with Crippen LogP contribution >= 0.6 is 0 Å². The molecule has 1 aliphatic rings. The van der Waals surface area contributed by atoms with Gasteiger partial charge in [0, 0.05) is 37.4 Å². The van der Waals surface area contributed by atoms with Crippen molar-refractivity contribution in [2.75, 3.05) is 13.1 Å². The second-order valence-corrected chi connectivity index (χ2v) is 5.97. The molecule has 0 spiro atoms. The standard InChI is InChI=1S/C16H18N6O/c23-16(14-3-2-13-10-17-20-15(13)19-14)21-8-4-12(5-9-21)11-22-7-1-6-18-22/h1-3,6-7,10,12H,4-5,8-9,11H2,(H,17,19,20). The van der Waals surface area contributed by atoms with Crippen LogP contribution in [0, 0.1) is 5.92 Å². The fourth-order valence-corrected chi connectivity index (χ4v) is 3.10. The van der Waals surface area contributed by atoms with Crippen LogP contribution in [0.1, 0.15) is 23.3 Å². The van der Waals surface area contributed by atoms with Gasteiger partial charge in [0.1, 0.15) is 5.69 Å². The number of nitrogens with one attached hydrogen (secondary N) is 1. The maximum atomic E-state index is 12.6. The molecule has 0 bridgehead atoms. The molecule has 1 N–H and O–H groups in total. The Balaban J connectivity index is 1.40. The lowest BCUT2D eigenvalue weighted by Gasteiger charge is -2.31. The van der Waals surface area contributed by atoms with E-state index in [0.717, 1.165) is 37.9 Å². The van der Waals surface area contributed by atoms with Gasteiger partial charge < -0.3 is 4.90 Å². The van der Waals surface area contributed by atoms with E-state index in [4.69, 9.17) is 0 Å². The number of nitrogens with zero attached hydrogens (tertiary/aromatic N) is 5. The molecule has 0 aromatic carbocycles.